The van der Waals surface area contributed by atoms with Crippen molar-refractivity contribution in [2.24, 2.45) is 0 Å². The molecule has 0 spiro atoms. The van der Waals surface area contributed by atoms with Crippen LogP contribution in [0.25, 0.3) is 0 Å². The fraction of sp³-hybridized carbons (Fsp3) is 1.00. The Bertz CT molecular complexity index is 167. The van der Waals surface area contributed by atoms with Crippen LogP contribution in [0.2, 0.25) is 0 Å². The summed E-state index contributed by atoms with van der Waals surface area (Å²) in [5.41, 5.74) is -1.41. The van der Waals surface area contributed by atoms with Gasteiger partial charge in [0.25, 0.3) is 0 Å². The molecule has 78 valence electrons. The molecule has 0 aliphatic carbocycles. The second-order valence-electron chi connectivity index (χ2n) is 3.46. The molecular formula is C8H16O3S2. The largest absolute Gasteiger partial charge is 0.390 e. The number of thioether (sulfide) groups is 2. The molecule has 0 aromatic carbocycles. The second kappa shape index (κ2) is 4.40. The van der Waals surface area contributed by atoms with Crippen molar-refractivity contribution in [2.45, 2.75) is 36.2 Å². The van der Waals surface area contributed by atoms with Crippen LogP contribution in [0.4, 0.5) is 0 Å². The lowest BCUT2D eigenvalue weighted by atomic mass is 9.94. The Morgan fingerprint density at radius 1 is 1.31 bits per heavy atom. The van der Waals surface area contributed by atoms with Crippen LogP contribution >= 0.6 is 23.5 Å². The minimum absolute atomic E-state index is 0.00963. The molecule has 1 saturated heterocycles. The Kier molecular flexibility index (Phi) is 3.94. The van der Waals surface area contributed by atoms with Gasteiger partial charge in [-0.05, 0) is 13.8 Å². The van der Waals surface area contributed by atoms with Gasteiger partial charge in [-0.2, -0.15) is 0 Å². The molecule has 1 heterocycles. The molecule has 0 bridgehead atoms. The molecular weight excluding hydrogens is 208 g/mol. The number of aliphatic hydroxyl groups is 3. The molecule has 3 atom stereocenters. The van der Waals surface area contributed by atoms with E-state index in [9.17, 15) is 15.3 Å². The summed E-state index contributed by atoms with van der Waals surface area (Å²) in [6.07, 6.45) is -1.78. The topological polar surface area (TPSA) is 60.7 Å². The first-order chi connectivity index (χ1) is 5.96. The Labute approximate surface area is 86.9 Å². The summed E-state index contributed by atoms with van der Waals surface area (Å²) in [6.45, 7) is 2.97. The van der Waals surface area contributed by atoms with Crippen LogP contribution in [0.3, 0.4) is 0 Å². The number of aliphatic hydroxyl groups excluding tert-OH is 2. The molecule has 13 heavy (non-hydrogen) atoms. The van der Waals surface area contributed by atoms with Crippen molar-refractivity contribution in [1.29, 1.82) is 0 Å². The maximum atomic E-state index is 9.80. The van der Waals surface area contributed by atoms with Gasteiger partial charge in [0, 0.05) is 11.5 Å². The number of rotatable bonds is 3. The molecule has 0 unspecified atom stereocenters. The molecule has 0 saturated carbocycles. The standard InChI is InChI=1S/C8H16O3S2/c1-5(9)8(2,11)6(10)7-12-3-4-13-7/h5-7,9-11H,3-4H2,1-2H3/t5-,6+,8-/m1/s1. The fourth-order valence-electron chi connectivity index (χ4n) is 1.08. The monoisotopic (exact) mass is 224 g/mol. The number of hydrogen-bond donors (Lipinski definition) is 3. The predicted octanol–water partition coefficient (Wildman–Crippen LogP) is 0.285. The van der Waals surface area contributed by atoms with E-state index < -0.39 is 17.8 Å². The zero-order chi connectivity index (χ0) is 10.1. The smallest absolute Gasteiger partial charge is 0.115 e. The first kappa shape index (κ1) is 11.7. The van der Waals surface area contributed by atoms with Crippen LogP contribution in [0.5, 0.6) is 0 Å². The molecule has 1 fully saturated rings. The molecule has 0 amide bonds. The van der Waals surface area contributed by atoms with E-state index in [4.69, 9.17) is 0 Å². The van der Waals surface area contributed by atoms with Crippen LogP contribution in [0.15, 0.2) is 0 Å². The van der Waals surface area contributed by atoms with Crippen molar-refractivity contribution in [1.82, 2.24) is 0 Å². The SMILES string of the molecule is C[C@@H](O)[C@@](C)(O)[C@@H](O)C1SCCS1. The van der Waals surface area contributed by atoms with Gasteiger partial charge in [0.1, 0.15) is 11.7 Å². The molecule has 5 heteroatoms. The zero-order valence-electron chi connectivity index (χ0n) is 7.80. The van der Waals surface area contributed by atoms with Gasteiger partial charge in [-0.25, -0.2) is 0 Å². The molecule has 1 aliphatic rings. The van der Waals surface area contributed by atoms with Crippen molar-refractivity contribution < 1.29 is 15.3 Å². The highest BCUT2D eigenvalue weighted by molar-refractivity contribution is 8.20. The highest BCUT2D eigenvalue weighted by Crippen LogP contribution is 2.38. The second-order valence-corrected chi connectivity index (χ2v) is 6.25. The van der Waals surface area contributed by atoms with E-state index in [2.05, 4.69) is 0 Å². The first-order valence-corrected chi connectivity index (χ1v) is 6.37. The average molecular weight is 224 g/mol. The van der Waals surface area contributed by atoms with Crippen LogP contribution in [-0.4, -0.2) is 49.2 Å². The van der Waals surface area contributed by atoms with Crippen molar-refractivity contribution in [2.75, 3.05) is 11.5 Å². The summed E-state index contributed by atoms with van der Waals surface area (Å²) in [4.78, 5) is 0. The first-order valence-electron chi connectivity index (χ1n) is 4.28. The molecule has 0 radical (unpaired) electrons. The van der Waals surface area contributed by atoms with E-state index in [1.807, 2.05) is 0 Å². The van der Waals surface area contributed by atoms with Crippen LogP contribution in [-0.2, 0) is 0 Å². The molecule has 1 rings (SSSR count). The van der Waals surface area contributed by atoms with Crippen LogP contribution < -0.4 is 0 Å². The molecule has 0 aromatic heterocycles. The van der Waals surface area contributed by atoms with Crippen molar-refractivity contribution in [3.63, 3.8) is 0 Å². The van der Waals surface area contributed by atoms with E-state index in [1.54, 1.807) is 23.5 Å². The molecule has 3 nitrogen and oxygen atoms in total. The molecule has 3 N–H and O–H groups in total. The van der Waals surface area contributed by atoms with Gasteiger partial charge < -0.3 is 15.3 Å². The summed E-state index contributed by atoms with van der Waals surface area (Å²) < 4.78 is -0.00963. The van der Waals surface area contributed by atoms with E-state index in [-0.39, 0.29) is 4.58 Å². The summed E-state index contributed by atoms with van der Waals surface area (Å²) in [6, 6.07) is 0. The minimum atomic E-state index is -1.41. The third kappa shape index (κ3) is 2.53. The van der Waals surface area contributed by atoms with Gasteiger partial charge in [0.2, 0.25) is 0 Å². The minimum Gasteiger partial charge on any atom is -0.390 e. The van der Waals surface area contributed by atoms with Crippen molar-refractivity contribution in [3.05, 3.63) is 0 Å². The lowest BCUT2D eigenvalue weighted by Crippen LogP contribution is -2.51. The van der Waals surface area contributed by atoms with E-state index >= 15 is 0 Å². The van der Waals surface area contributed by atoms with Crippen molar-refractivity contribution >= 4 is 23.5 Å². The Morgan fingerprint density at radius 3 is 2.15 bits per heavy atom. The third-order valence-corrected chi connectivity index (χ3v) is 5.48. The molecule has 0 aromatic rings. The van der Waals surface area contributed by atoms with Crippen LogP contribution in [0, 0.1) is 0 Å². The lowest BCUT2D eigenvalue weighted by molar-refractivity contribution is -0.122. The normalized spacial score (nSPS) is 28.4. The van der Waals surface area contributed by atoms with Gasteiger partial charge in [0.05, 0.1) is 10.7 Å². The quantitative estimate of drug-likeness (QED) is 0.643. The van der Waals surface area contributed by atoms with E-state index in [1.165, 1.54) is 13.8 Å². The Balaban J connectivity index is 2.58. The third-order valence-electron chi connectivity index (χ3n) is 2.35. The van der Waals surface area contributed by atoms with Crippen LogP contribution in [0.1, 0.15) is 13.8 Å². The maximum Gasteiger partial charge on any atom is 0.115 e. The van der Waals surface area contributed by atoms with Gasteiger partial charge in [-0.1, -0.05) is 0 Å². The maximum absolute atomic E-state index is 9.80. The highest BCUT2D eigenvalue weighted by atomic mass is 32.2. The van der Waals surface area contributed by atoms with E-state index in [0.29, 0.717) is 0 Å². The summed E-state index contributed by atoms with van der Waals surface area (Å²) in [7, 11) is 0. The fourth-order valence-corrected chi connectivity index (χ4v) is 4.19. The lowest BCUT2D eigenvalue weighted by Gasteiger charge is -2.34. The predicted molar refractivity (Wildman–Crippen MR) is 57.0 cm³/mol. The Hall–Kier alpha value is 0.580. The number of hydrogen-bond acceptors (Lipinski definition) is 5. The van der Waals surface area contributed by atoms with Gasteiger partial charge in [-0.3, -0.25) is 0 Å². The average Bonchev–Trinajstić information content (AvgIpc) is 2.54. The highest BCUT2D eigenvalue weighted by Gasteiger charge is 2.41. The summed E-state index contributed by atoms with van der Waals surface area (Å²) in [5, 5.41) is 28.9. The van der Waals surface area contributed by atoms with Gasteiger partial charge >= 0.3 is 0 Å². The summed E-state index contributed by atoms with van der Waals surface area (Å²) >= 11 is 3.27. The van der Waals surface area contributed by atoms with Gasteiger partial charge in [-0.15, -0.1) is 23.5 Å². The zero-order valence-corrected chi connectivity index (χ0v) is 9.44. The summed E-state index contributed by atoms with van der Waals surface area (Å²) in [5.74, 6) is 2.00. The van der Waals surface area contributed by atoms with Crippen molar-refractivity contribution in [3.8, 4) is 0 Å². The van der Waals surface area contributed by atoms with E-state index in [0.717, 1.165) is 11.5 Å². The molecule has 1 aliphatic heterocycles. The van der Waals surface area contributed by atoms with Gasteiger partial charge in [0.15, 0.2) is 0 Å². The Morgan fingerprint density at radius 2 is 1.77 bits per heavy atom.